The van der Waals surface area contributed by atoms with Crippen molar-refractivity contribution >= 4 is 44.9 Å². The molecular formula is C34H39ClN4O4. The highest BCUT2D eigenvalue weighted by Gasteiger charge is 2.40. The molecule has 0 aliphatic carbocycles. The summed E-state index contributed by atoms with van der Waals surface area (Å²) in [4.78, 5) is 23.9. The summed E-state index contributed by atoms with van der Waals surface area (Å²) in [6, 6.07) is 15.1. The molecule has 1 aromatic heterocycles. The fraction of sp³-hybridized carbons (Fsp3) is 0.441. The van der Waals surface area contributed by atoms with Crippen LogP contribution in [-0.4, -0.2) is 91.7 Å². The maximum atomic E-state index is 13.9. The minimum absolute atomic E-state index is 0.0273. The van der Waals surface area contributed by atoms with Gasteiger partial charge < -0.3 is 29.4 Å². The molecule has 0 radical (unpaired) electrons. The summed E-state index contributed by atoms with van der Waals surface area (Å²) < 4.78 is 11.9. The summed E-state index contributed by atoms with van der Waals surface area (Å²) in [5.41, 5.74) is 3.44. The number of benzene rings is 3. The summed E-state index contributed by atoms with van der Waals surface area (Å²) in [7, 11) is 3.86. The lowest BCUT2D eigenvalue weighted by atomic mass is 9.78. The first-order valence-corrected chi connectivity index (χ1v) is 15.8. The molecule has 2 fully saturated rings. The van der Waals surface area contributed by atoms with Gasteiger partial charge in [0.2, 0.25) is 0 Å². The first-order valence-electron chi connectivity index (χ1n) is 15.2. The van der Waals surface area contributed by atoms with Crippen molar-refractivity contribution in [2.24, 2.45) is 5.41 Å². The van der Waals surface area contributed by atoms with Crippen LogP contribution in [0.2, 0.25) is 0 Å². The third-order valence-corrected chi connectivity index (χ3v) is 10.3. The second kappa shape index (κ2) is 11.2. The third kappa shape index (κ3) is 5.09. The summed E-state index contributed by atoms with van der Waals surface area (Å²) >= 11 is 6.39. The van der Waals surface area contributed by atoms with Gasteiger partial charge in [0.1, 0.15) is 18.1 Å². The van der Waals surface area contributed by atoms with Gasteiger partial charge in [-0.1, -0.05) is 24.3 Å². The number of piperidine rings is 1. The summed E-state index contributed by atoms with van der Waals surface area (Å²) in [6.45, 7) is 6.58. The molecule has 2 N–H and O–H groups in total. The molecule has 8 nitrogen and oxygen atoms in total. The molecule has 9 heteroatoms. The van der Waals surface area contributed by atoms with Crippen molar-refractivity contribution in [1.82, 2.24) is 14.8 Å². The van der Waals surface area contributed by atoms with E-state index in [1.165, 1.54) is 32.4 Å². The first-order chi connectivity index (χ1) is 20.9. The number of H-pyrrole nitrogens is 1. The maximum absolute atomic E-state index is 13.9. The fourth-order valence-electron chi connectivity index (χ4n) is 7.42. The Hall–Kier alpha value is -3.46. The van der Waals surface area contributed by atoms with E-state index in [2.05, 4.69) is 21.8 Å². The van der Waals surface area contributed by atoms with Crippen LogP contribution in [0.15, 0.2) is 48.5 Å². The Balaban J connectivity index is 1.09. The first kappa shape index (κ1) is 28.3. The molecule has 3 aliphatic rings. The molecule has 4 heterocycles. The minimum Gasteiger partial charge on any atom is -0.507 e. The van der Waals surface area contributed by atoms with Crippen LogP contribution in [-0.2, 0) is 0 Å². The average molecular weight is 603 g/mol. The highest BCUT2D eigenvalue weighted by molar-refractivity contribution is 6.19. The number of hydrogen-bond donors (Lipinski definition) is 2. The van der Waals surface area contributed by atoms with Crippen LogP contribution in [0.3, 0.4) is 0 Å². The van der Waals surface area contributed by atoms with Crippen LogP contribution in [0.25, 0.3) is 21.7 Å². The number of alkyl halides is 1. The molecule has 4 aromatic rings. The van der Waals surface area contributed by atoms with Crippen molar-refractivity contribution in [3.8, 4) is 17.2 Å². The molecule has 3 aliphatic heterocycles. The second-order valence-electron chi connectivity index (χ2n) is 12.6. The van der Waals surface area contributed by atoms with Gasteiger partial charge >= 0.3 is 0 Å². The lowest BCUT2D eigenvalue weighted by Gasteiger charge is -2.37. The van der Waals surface area contributed by atoms with Crippen molar-refractivity contribution in [3.63, 3.8) is 0 Å². The Morgan fingerprint density at radius 3 is 2.60 bits per heavy atom. The van der Waals surface area contributed by atoms with Crippen molar-refractivity contribution in [1.29, 1.82) is 0 Å². The topological polar surface area (TPSA) is 81.3 Å². The number of carbonyl (C=O) groups excluding carboxylic acids is 1. The van der Waals surface area contributed by atoms with E-state index in [0.29, 0.717) is 47.3 Å². The number of aromatic hydroxyl groups is 1. The summed E-state index contributed by atoms with van der Waals surface area (Å²) in [5.74, 6) is 1.64. The van der Waals surface area contributed by atoms with E-state index >= 15 is 0 Å². The standard InChI is InChI=1S/C34H39ClN4O4/c1-37-10-7-34(8-11-37)9-12-38(21-34)13-14-43-31-16-22-15-27(36-26(22)17-30(31)42-2)33(41)39-20-23(19-35)32-25-6-4-3-5-24(25)29(40)18-28(32)39/h3-6,15-18,23,36,40H,7-14,19-21H2,1-2H3. The zero-order chi connectivity index (χ0) is 29.7. The van der Waals surface area contributed by atoms with Gasteiger partial charge in [0, 0.05) is 59.9 Å². The number of phenolic OH excluding ortho intramolecular Hbond substituents is 1. The third-order valence-electron chi connectivity index (χ3n) is 9.94. The number of amides is 1. The Kier molecular flexibility index (Phi) is 7.40. The molecule has 1 unspecified atom stereocenters. The quantitative estimate of drug-likeness (QED) is 0.260. The fourth-order valence-corrected chi connectivity index (χ4v) is 7.67. The molecule has 0 bridgehead atoms. The number of nitrogens with zero attached hydrogens (tertiary/aromatic N) is 3. The number of phenols is 1. The number of ether oxygens (including phenoxy) is 2. The van der Waals surface area contributed by atoms with Gasteiger partial charge in [-0.2, -0.15) is 0 Å². The van der Waals surface area contributed by atoms with E-state index in [1.54, 1.807) is 18.1 Å². The van der Waals surface area contributed by atoms with E-state index in [1.807, 2.05) is 42.5 Å². The molecular weight excluding hydrogens is 564 g/mol. The van der Waals surface area contributed by atoms with Crippen LogP contribution in [0.5, 0.6) is 17.2 Å². The molecule has 43 heavy (non-hydrogen) atoms. The van der Waals surface area contributed by atoms with Crippen LogP contribution < -0.4 is 14.4 Å². The zero-order valence-corrected chi connectivity index (χ0v) is 25.6. The van der Waals surface area contributed by atoms with Gasteiger partial charge in [-0.15, -0.1) is 11.6 Å². The molecule has 226 valence electrons. The Bertz CT molecular complexity index is 1680. The minimum atomic E-state index is -0.168. The van der Waals surface area contributed by atoms with E-state index in [0.717, 1.165) is 46.9 Å². The number of anilines is 1. The van der Waals surface area contributed by atoms with Crippen LogP contribution in [0.1, 0.15) is 41.2 Å². The van der Waals surface area contributed by atoms with E-state index in [9.17, 15) is 9.90 Å². The van der Waals surface area contributed by atoms with Crippen LogP contribution >= 0.6 is 11.6 Å². The Labute approximate surface area is 257 Å². The van der Waals surface area contributed by atoms with Gasteiger partial charge in [0.25, 0.3) is 5.91 Å². The monoisotopic (exact) mass is 602 g/mol. The van der Waals surface area contributed by atoms with Gasteiger partial charge in [0.15, 0.2) is 11.5 Å². The van der Waals surface area contributed by atoms with Gasteiger partial charge in [-0.25, -0.2) is 0 Å². The molecule has 1 spiro atoms. The number of halogens is 1. The summed E-state index contributed by atoms with van der Waals surface area (Å²) in [5, 5.41) is 13.3. The van der Waals surface area contributed by atoms with Crippen LogP contribution in [0, 0.1) is 5.41 Å². The number of nitrogens with one attached hydrogen (secondary N) is 1. The highest BCUT2D eigenvalue weighted by Crippen LogP contribution is 2.46. The lowest BCUT2D eigenvalue weighted by molar-refractivity contribution is 0.0984. The predicted molar refractivity (Wildman–Crippen MR) is 171 cm³/mol. The summed E-state index contributed by atoms with van der Waals surface area (Å²) in [6.07, 6.45) is 3.85. The number of fused-ring (bicyclic) bond motifs is 4. The normalized spacial score (nSPS) is 20.3. The average Bonchev–Trinajstić information content (AvgIpc) is 3.73. The largest absolute Gasteiger partial charge is 0.507 e. The number of likely N-dealkylation sites (tertiary alicyclic amines) is 2. The van der Waals surface area contributed by atoms with E-state index < -0.39 is 0 Å². The molecule has 2 saturated heterocycles. The van der Waals surface area contributed by atoms with Gasteiger partial charge in [-0.3, -0.25) is 9.69 Å². The van der Waals surface area contributed by atoms with Crippen molar-refractivity contribution < 1.29 is 19.4 Å². The number of methoxy groups -OCH3 is 1. The van der Waals surface area contributed by atoms with E-state index in [4.69, 9.17) is 21.1 Å². The molecule has 1 amide bonds. The Morgan fingerprint density at radius 2 is 1.84 bits per heavy atom. The van der Waals surface area contributed by atoms with Gasteiger partial charge in [-0.05, 0) is 74.4 Å². The van der Waals surface area contributed by atoms with E-state index in [-0.39, 0.29) is 17.6 Å². The second-order valence-corrected chi connectivity index (χ2v) is 12.9. The van der Waals surface area contributed by atoms with Crippen molar-refractivity contribution in [3.05, 3.63) is 59.8 Å². The lowest BCUT2D eigenvalue weighted by Crippen LogP contribution is -2.40. The molecule has 1 atom stereocenters. The number of carbonyl (C=O) groups is 1. The van der Waals surface area contributed by atoms with Gasteiger partial charge in [0.05, 0.1) is 12.8 Å². The molecule has 3 aromatic carbocycles. The molecule has 7 rings (SSSR count). The van der Waals surface area contributed by atoms with Crippen LogP contribution in [0.4, 0.5) is 5.69 Å². The maximum Gasteiger partial charge on any atom is 0.274 e. The number of aromatic amines is 1. The van der Waals surface area contributed by atoms with Crippen molar-refractivity contribution in [2.45, 2.75) is 25.2 Å². The predicted octanol–water partition coefficient (Wildman–Crippen LogP) is 5.81. The number of hydrogen-bond acceptors (Lipinski definition) is 6. The zero-order valence-electron chi connectivity index (χ0n) is 24.9. The molecule has 0 saturated carbocycles. The highest BCUT2D eigenvalue weighted by atomic mass is 35.5. The smallest absolute Gasteiger partial charge is 0.274 e. The van der Waals surface area contributed by atoms with Crippen molar-refractivity contribution in [2.75, 3.05) is 70.8 Å². The SMILES string of the molecule is COc1cc2[nH]c(C(=O)N3CC(CCl)c4c3cc(O)c3ccccc43)cc2cc1OCCN1CCC2(CCN(C)CC2)C1. The number of aromatic nitrogens is 1. The Morgan fingerprint density at radius 1 is 1.07 bits per heavy atom. The number of rotatable bonds is 7.